The molecule has 0 saturated carbocycles. The van der Waals surface area contributed by atoms with Crippen LogP contribution in [0.2, 0.25) is 0 Å². The van der Waals surface area contributed by atoms with Crippen molar-refractivity contribution in [3.05, 3.63) is 192 Å². The van der Waals surface area contributed by atoms with Crippen molar-refractivity contribution in [2.45, 2.75) is 12.4 Å². The van der Waals surface area contributed by atoms with Crippen LogP contribution in [0.4, 0.5) is 26.3 Å². The normalized spacial score (nSPS) is 11.9. The third-order valence-electron chi connectivity index (χ3n) is 11.7. The molecule has 64 heavy (non-hydrogen) atoms. The van der Waals surface area contributed by atoms with Gasteiger partial charge in [0, 0.05) is 27.1 Å². The van der Waals surface area contributed by atoms with Gasteiger partial charge in [-0.3, -0.25) is 0 Å². The Labute approximate surface area is 360 Å². The highest BCUT2D eigenvalue weighted by Crippen LogP contribution is 2.47. The van der Waals surface area contributed by atoms with E-state index in [1.54, 1.807) is 75.9 Å². The van der Waals surface area contributed by atoms with Crippen LogP contribution in [0.5, 0.6) is 0 Å². The summed E-state index contributed by atoms with van der Waals surface area (Å²) in [6.07, 6.45) is -10.3. The maximum atomic E-state index is 15.3. The van der Waals surface area contributed by atoms with Gasteiger partial charge in [-0.05, 0) is 88.5 Å². The summed E-state index contributed by atoms with van der Waals surface area (Å²) < 4.78 is 92.0. The Morgan fingerprint density at radius 2 is 0.828 bits per heavy atom. The number of alkyl halides is 6. The van der Waals surface area contributed by atoms with Gasteiger partial charge in [0.2, 0.25) is 0 Å². The van der Waals surface area contributed by atoms with E-state index in [0.29, 0.717) is 66.9 Å². The highest BCUT2D eigenvalue weighted by Gasteiger charge is 2.39. The largest absolute Gasteiger partial charge is 0.417 e. The number of para-hydroxylation sites is 2. The van der Waals surface area contributed by atoms with Crippen LogP contribution in [0, 0.1) is 34.0 Å². The Hall–Kier alpha value is -8.59. The molecule has 11 heteroatoms. The minimum atomic E-state index is -5.24. The first-order valence-corrected chi connectivity index (χ1v) is 19.8. The fourth-order valence-corrected chi connectivity index (χ4v) is 8.90. The molecule has 10 rings (SSSR count). The molecule has 10 aromatic rings. The molecule has 306 valence electrons. The quantitative estimate of drug-likeness (QED) is 0.162. The number of halogens is 6. The van der Waals surface area contributed by atoms with Crippen molar-refractivity contribution in [2.24, 2.45) is 0 Å². The molecule has 0 saturated heterocycles. The Morgan fingerprint density at radius 3 is 1.33 bits per heavy atom. The summed E-state index contributed by atoms with van der Waals surface area (Å²) in [7, 11) is 0. The van der Waals surface area contributed by atoms with Gasteiger partial charge in [0.1, 0.15) is 6.07 Å². The van der Waals surface area contributed by atoms with E-state index in [1.165, 1.54) is 12.1 Å². The molecule has 2 heterocycles. The minimum absolute atomic E-state index is 0.0570. The first kappa shape index (κ1) is 39.5. The summed E-state index contributed by atoms with van der Waals surface area (Å²) in [5, 5.41) is 34.0. The highest BCUT2D eigenvalue weighted by molar-refractivity contribution is 6.12. The van der Waals surface area contributed by atoms with Crippen LogP contribution < -0.4 is 0 Å². The molecule has 0 amide bonds. The first-order valence-electron chi connectivity index (χ1n) is 19.8. The number of hydrogen-bond donors (Lipinski definition) is 0. The van der Waals surface area contributed by atoms with E-state index < -0.39 is 29.0 Å². The Balaban J connectivity index is 1.36. The van der Waals surface area contributed by atoms with Crippen LogP contribution in [0.25, 0.3) is 88.4 Å². The number of nitrogens with zero attached hydrogens (tertiary/aromatic N) is 5. The summed E-state index contributed by atoms with van der Waals surface area (Å²) in [5.41, 5.74) is 2.35. The van der Waals surface area contributed by atoms with E-state index in [1.807, 2.05) is 66.7 Å². The number of rotatable bonds is 5. The predicted octanol–water partition coefficient (Wildman–Crippen LogP) is 14.5. The van der Waals surface area contributed by atoms with Gasteiger partial charge < -0.3 is 9.13 Å². The molecule has 0 N–H and O–H groups in total. The molecule has 0 aliphatic heterocycles. The van der Waals surface area contributed by atoms with E-state index in [4.69, 9.17) is 0 Å². The monoisotopic (exact) mass is 847 g/mol. The highest BCUT2D eigenvalue weighted by atomic mass is 19.4. The fourth-order valence-electron chi connectivity index (χ4n) is 8.90. The molecule has 0 aliphatic carbocycles. The van der Waals surface area contributed by atoms with Crippen molar-refractivity contribution in [3.8, 4) is 63.0 Å². The van der Waals surface area contributed by atoms with E-state index in [2.05, 4.69) is 18.2 Å². The fraction of sp³-hybridized carbons (Fsp3) is 0.0377. The molecule has 0 aliphatic rings. The lowest BCUT2D eigenvalue weighted by Gasteiger charge is -2.22. The smallest absolute Gasteiger partial charge is 0.309 e. The molecular weight excluding hydrogens is 821 g/mol. The van der Waals surface area contributed by atoms with Gasteiger partial charge in [-0.25, -0.2) is 0 Å². The lowest BCUT2D eigenvalue weighted by atomic mass is 9.93. The first-order chi connectivity index (χ1) is 30.9. The predicted molar refractivity (Wildman–Crippen MR) is 236 cm³/mol. The average Bonchev–Trinajstić information content (AvgIpc) is 3.82. The Kier molecular flexibility index (Phi) is 9.14. The van der Waals surface area contributed by atoms with E-state index >= 15 is 13.2 Å². The summed E-state index contributed by atoms with van der Waals surface area (Å²) in [6.45, 7) is 0. The molecule has 2 aromatic heterocycles. The van der Waals surface area contributed by atoms with Crippen LogP contribution in [0.1, 0.15) is 27.8 Å². The van der Waals surface area contributed by atoms with E-state index in [9.17, 15) is 29.0 Å². The number of fused-ring (bicyclic) bond motifs is 6. The zero-order valence-electron chi connectivity index (χ0n) is 33.1. The standard InChI is InChI=1S/C53H27F6N5/c54-52(55,56)36-19-22-39(45(26-36)53(57,58)59)44-27-48(63-46-15-7-5-13-40(46)42-20-17-31(23-49(42)63)37-11-3-1-9-33(37)28-60)35(30-62)25-51(44)64-47-16-8-6-14-41(47)43-21-18-32(24-50(43)64)38-12-4-2-10-34(38)29-61/h1-27H. The van der Waals surface area contributed by atoms with Crippen molar-refractivity contribution in [1.29, 1.82) is 15.8 Å². The van der Waals surface area contributed by atoms with E-state index in [-0.39, 0.29) is 28.6 Å². The third kappa shape index (κ3) is 6.32. The van der Waals surface area contributed by atoms with Crippen molar-refractivity contribution < 1.29 is 26.3 Å². The zero-order valence-corrected chi connectivity index (χ0v) is 33.1. The lowest BCUT2D eigenvalue weighted by Crippen LogP contribution is -2.13. The number of aromatic nitrogens is 2. The van der Waals surface area contributed by atoms with Crippen LogP contribution in [-0.4, -0.2) is 9.13 Å². The second kappa shape index (κ2) is 14.8. The van der Waals surface area contributed by atoms with Crippen molar-refractivity contribution >= 4 is 43.6 Å². The van der Waals surface area contributed by atoms with Crippen LogP contribution >= 0.6 is 0 Å². The summed E-state index contributed by atoms with van der Waals surface area (Å²) in [6, 6.07) is 51.0. The van der Waals surface area contributed by atoms with Gasteiger partial charge in [0.15, 0.2) is 0 Å². The average molecular weight is 848 g/mol. The van der Waals surface area contributed by atoms with Crippen LogP contribution in [0.3, 0.4) is 0 Å². The number of benzene rings is 8. The molecule has 0 unspecified atom stereocenters. The molecule has 0 atom stereocenters. The Morgan fingerprint density at radius 1 is 0.359 bits per heavy atom. The van der Waals surface area contributed by atoms with Gasteiger partial charge >= 0.3 is 12.4 Å². The van der Waals surface area contributed by atoms with Crippen molar-refractivity contribution in [3.63, 3.8) is 0 Å². The van der Waals surface area contributed by atoms with E-state index in [0.717, 1.165) is 22.2 Å². The number of hydrogen-bond acceptors (Lipinski definition) is 3. The van der Waals surface area contributed by atoms with Gasteiger partial charge in [0.25, 0.3) is 0 Å². The minimum Gasteiger partial charge on any atom is -0.309 e. The van der Waals surface area contributed by atoms with Gasteiger partial charge in [0.05, 0.1) is 73.4 Å². The topological polar surface area (TPSA) is 81.2 Å². The van der Waals surface area contributed by atoms with Gasteiger partial charge in [-0.15, -0.1) is 0 Å². The second-order valence-corrected chi connectivity index (χ2v) is 15.2. The van der Waals surface area contributed by atoms with Crippen molar-refractivity contribution in [1.82, 2.24) is 9.13 Å². The van der Waals surface area contributed by atoms with Crippen molar-refractivity contribution in [2.75, 3.05) is 0 Å². The van der Waals surface area contributed by atoms with Crippen LogP contribution in [-0.2, 0) is 12.4 Å². The summed E-state index contributed by atoms with van der Waals surface area (Å²) in [4.78, 5) is 0. The molecule has 0 spiro atoms. The summed E-state index contributed by atoms with van der Waals surface area (Å²) in [5.74, 6) is 0. The zero-order chi connectivity index (χ0) is 44.5. The maximum Gasteiger partial charge on any atom is 0.417 e. The molecule has 8 aromatic carbocycles. The molecular formula is C53H27F6N5. The third-order valence-corrected chi connectivity index (χ3v) is 11.7. The Bertz CT molecular complexity index is 3700. The molecule has 0 fully saturated rings. The van der Waals surface area contributed by atoms with Gasteiger partial charge in [-0.1, -0.05) is 103 Å². The number of nitriles is 3. The molecule has 5 nitrogen and oxygen atoms in total. The lowest BCUT2D eigenvalue weighted by molar-refractivity contribution is -0.142. The SMILES string of the molecule is N#Cc1ccccc1-c1ccc2c3ccccc3n(-c3cc(-c4ccc(C(F)(F)F)cc4C(F)(F)F)c(-n4c5ccccc5c5ccc(-c6ccccc6C#N)cc54)cc3C#N)c2c1. The molecule has 0 radical (unpaired) electrons. The summed E-state index contributed by atoms with van der Waals surface area (Å²) >= 11 is 0. The second-order valence-electron chi connectivity index (χ2n) is 15.2. The molecule has 0 bridgehead atoms. The van der Waals surface area contributed by atoms with Gasteiger partial charge in [-0.2, -0.15) is 42.1 Å². The maximum absolute atomic E-state index is 15.3. The van der Waals surface area contributed by atoms with Crippen LogP contribution in [0.15, 0.2) is 164 Å².